The van der Waals surface area contributed by atoms with Crippen molar-refractivity contribution in [2.24, 2.45) is 0 Å². The van der Waals surface area contributed by atoms with Gasteiger partial charge in [0.05, 0.1) is 10.9 Å². The Labute approximate surface area is 118 Å². The van der Waals surface area contributed by atoms with Gasteiger partial charge in [0.15, 0.2) is 11.6 Å². The van der Waals surface area contributed by atoms with Crippen LogP contribution in [0, 0.1) is 5.82 Å². The lowest BCUT2D eigenvalue weighted by atomic mass is 10.0. The third kappa shape index (κ3) is 3.35. The molecule has 0 radical (unpaired) electrons. The Bertz CT molecular complexity index is 623. The number of benzene rings is 2. The van der Waals surface area contributed by atoms with Gasteiger partial charge in [-0.2, -0.15) is 0 Å². The Balaban J connectivity index is 2.13. The van der Waals surface area contributed by atoms with Crippen LogP contribution in [0.15, 0.2) is 53.0 Å². The molecule has 19 heavy (non-hydrogen) atoms. The summed E-state index contributed by atoms with van der Waals surface area (Å²) >= 11 is 3.01. The number of halogens is 2. The van der Waals surface area contributed by atoms with E-state index in [4.69, 9.17) is 0 Å². The minimum absolute atomic E-state index is 0.213. The van der Waals surface area contributed by atoms with Crippen LogP contribution in [-0.4, -0.2) is 11.6 Å². The predicted octanol–water partition coefficient (Wildman–Crippen LogP) is 4.04. The SMILES string of the molecule is O=C(CC(=O)c1ccc(F)c(Br)c1)c1ccccc1. The normalized spacial score (nSPS) is 10.2. The van der Waals surface area contributed by atoms with Crippen molar-refractivity contribution in [2.45, 2.75) is 6.42 Å². The number of ketones is 2. The molecule has 2 aromatic rings. The molecule has 2 aromatic carbocycles. The highest BCUT2D eigenvalue weighted by atomic mass is 79.9. The molecule has 4 heteroatoms. The molecule has 0 aliphatic heterocycles. The Morgan fingerprint density at radius 1 is 0.947 bits per heavy atom. The lowest BCUT2D eigenvalue weighted by Crippen LogP contribution is -2.08. The quantitative estimate of drug-likeness (QED) is 0.629. The van der Waals surface area contributed by atoms with E-state index < -0.39 is 5.82 Å². The Hall–Kier alpha value is -1.81. The number of rotatable bonds is 4. The van der Waals surface area contributed by atoms with Crippen LogP contribution >= 0.6 is 15.9 Å². The van der Waals surface area contributed by atoms with Gasteiger partial charge in [-0.05, 0) is 34.1 Å². The van der Waals surface area contributed by atoms with Crippen molar-refractivity contribution in [3.8, 4) is 0 Å². The maximum atomic E-state index is 13.1. The van der Waals surface area contributed by atoms with Crippen molar-refractivity contribution >= 4 is 27.5 Å². The molecule has 96 valence electrons. The number of hydrogen-bond acceptors (Lipinski definition) is 2. The van der Waals surface area contributed by atoms with E-state index in [1.165, 1.54) is 18.2 Å². The smallest absolute Gasteiger partial charge is 0.170 e. The highest BCUT2D eigenvalue weighted by molar-refractivity contribution is 9.10. The van der Waals surface area contributed by atoms with Crippen LogP contribution in [0.2, 0.25) is 0 Å². The third-order valence-electron chi connectivity index (χ3n) is 2.66. The van der Waals surface area contributed by atoms with E-state index in [9.17, 15) is 14.0 Å². The lowest BCUT2D eigenvalue weighted by molar-refractivity contribution is 0.0894. The second kappa shape index (κ2) is 5.89. The van der Waals surface area contributed by atoms with Gasteiger partial charge in [-0.15, -0.1) is 0 Å². The summed E-state index contributed by atoms with van der Waals surface area (Å²) in [7, 11) is 0. The highest BCUT2D eigenvalue weighted by Gasteiger charge is 2.14. The number of Topliss-reactive ketones (excluding diaryl/α,β-unsaturated/α-hetero) is 2. The second-order valence-corrected chi connectivity index (χ2v) is 4.87. The van der Waals surface area contributed by atoms with Gasteiger partial charge in [0.1, 0.15) is 5.82 Å². The van der Waals surface area contributed by atoms with Gasteiger partial charge in [0.25, 0.3) is 0 Å². The molecule has 0 fully saturated rings. The van der Waals surface area contributed by atoms with Crippen molar-refractivity contribution < 1.29 is 14.0 Å². The van der Waals surface area contributed by atoms with Crippen molar-refractivity contribution in [2.75, 3.05) is 0 Å². The zero-order valence-electron chi connectivity index (χ0n) is 9.90. The van der Waals surface area contributed by atoms with E-state index in [1.807, 2.05) is 0 Å². The maximum absolute atomic E-state index is 13.1. The first-order valence-corrected chi connectivity index (χ1v) is 6.44. The molecule has 0 saturated heterocycles. The molecule has 0 amide bonds. The van der Waals surface area contributed by atoms with E-state index in [0.29, 0.717) is 11.1 Å². The van der Waals surface area contributed by atoms with Crippen LogP contribution in [0.1, 0.15) is 27.1 Å². The van der Waals surface area contributed by atoms with Crippen LogP contribution in [0.25, 0.3) is 0 Å². The number of carbonyl (C=O) groups is 2. The van der Waals surface area contributed by atoms with Crippen molar-refractivity contribution in [3.63, 3.8) is 0 Å². The molecular formula is C15H10BrFO2. The van der Waals surface area contributed by atoms with Gasteiger partial charge in [0.2, 0.25) is 0 Å². The topological polar surface area (TPSA) is 34.1 Å². The summed E-state index contributed by atoms with van der Waals surface area (Å²) in [6.45, 7) is 0. The highest BCUT2D eigenvalue weighted by Crippen LogP contribution is 2.18. The molecule has 0 saturated carbocycles. The summed E-state index contributed by atoms with van der Waals surface area (Å²) in [6, 6.07) is 12.6. The molecule has 0 spiro atoms. The predicted molar refractivity (Wildman–Crippen MR) is 73.8 cm³/mol. The van der Waals surface area contributed by atoms with Crippen molar-refractivity contribution in [3.05, 3.63) is 69.9 Å². The van der Waals surface area contributed by atoms with Gasteiger partial charge in [-0.25, -0.2) is 4.39 Å². The zero-order valence-corrected chi connectivity index (χ0v) is 11.5. The molecule has 2 nitrogen and oxygen atoms in total. The Kier molecular flexibility index (Phi) is 4.22. The van der Waals surface area contributed by atoms with Gasteiger partial charge in [-0.1, -0.05) is 30.3 Å². The van der Waals surface area contributed by atoms with Gasteiger partial charge in [-0.3, -0.25) is 9.59 Å². The summed E-state index contributed by atoms with van der Waals surface area (Å²) in [4.78, 5) is 23.8. The number of hydrogen-bond donors (Lipinski definition) is 0. The van der Waals surface area contributed by atoms with Crippen LogP contribution in [-0.2, 0) is 0 Å². The summed E-state index contributed by atoms with van der Waals surface area (Å²) in [5.74, 6) is -1.01. The molecule has 0 bridgehead atoms. The first-order valence-electron chi connectivity index (χ1n) is 5.64. The van der Waals surface area contributed by atoms with E-state index in [-0.39, 0.29) is 22.5 Å². The summed E-state index contributed by atoms with van der Waals surface area (Å²) < 4.78 is 13.3. The average Bonchev–Trinajstić information content (AvgIpc) is 2.42. The molecule has 0 heterocycles. The molecular weight excluding hydrogens is 311 g/mol. The first-order chi connectivity index (χ1) is 9.08. The second-order valence-electron chi connectivity index (χ2n) is 4.02. The van der Waals surface area contributed by atoms with Crippen molar-refractivity contribution in [1.29, 1.82) is 0 Å². The summed E-state index contributed by atoms with van der Waals surface area (Å²) in [5, 5.41) is 0. The molecule has 0 aliphatic rings. The van der Waals surface area contributed by atoms with E-state index >= 15 is 0 Å². The average molecular weight is 321 g/mol. The number of carbonyl (C=O) groups excluding carboxylic acids is 2. The van der Waals surface area contributed by atoms with E-state index in [1.54, 1.807) is 30.3 Å². The molecule has 0 N–H and O–H groups in total. The van der Waals surface area contributed by atoms with Gasteiger partial charge < -0.3 is 0 Å². The van der Waals surface area contributed by atoms with Crippen LogP contribution < -0.4 is 0 Å². The van der Waals surface area contributed by atoms with E-state index in [2.05, 4.69) is 15.9 Å². The lowest BCUT2D eigenvalue weighted by Gasteiger charge is -2.02. The fraction of sp³-hybridized carbons (Fsp3) is 0.0667. The third-order valence-corrected chi connectivity index (χ3v) is 3.27. The fourth-order valence-corrected chi connectivity index (χ4v) is 2.02. The standard InChI is InChI=1S/C15H10BrFO2/c16-12-8-11(6-7-13(12)17)15(19)9-14(18)10-4-2-1-3-5-10/h1-8H,9H2. The van der Waals surface area contributed by atoms with E-state index in [0.717, 1.165) is 0 Å². The molecule has 0 aromatic heterocycles. The van der Waals surface area contributed by atoms with Crippen LogP contribution in [0.5, 0.6) is 0 Å². The largest absolute Gasteiger partial charge is 0.294 e. The fourth-order valence-electron chi connectivity index (χ4n) is 1.64. The molecule has 0 aliphatic carbocycles. The molecule has 0 atom stereocenters. The maximum Gasteiger partial charge on any atom is 0.170 e. The summed E-state index contributed by atoms with van der Waals surface area (Å²) in [6.07, 6.45) is -0.220. The summed E-state index contributed by atoms with van der Waals surface area (Å²) in [5.41, 5.74) is 0.814. The van der Waals surface area contributed by atoms with Crippen molar-refractivity contribution in [1.82, 2.24) is 0 Å². The Morgan fingerprint density at radius 3 is 2.21 bits per heavy atom. The van der Waals surface area contributed by atoms with Gasteiger partial charge in [0, 0.05) is 11.1 Å². The van der Waals surface area contributed by atoms with Gasteiger partial charge >= 0.3 is 0 Å². The zero-order chi connectivity index (χ0) is 13.8. The molecule has 0 unspecified atom stereocenters. The monoisotopic (exact) mass is 320 g/mol. The first kappa shape index (κ1) is 13.6. The minimum atomic E-state index is -0.439. The van der Waals surface area contributed by atoms with Crippen LogP contribution in [0.4, 0.5) is 4.39 Å². The molecule has 2 rings (SSSR count). The Morgan fingerprint density at radius 2 is 1.58 bits per heavy atom. The minimum Gasteiger partial charge on any atom is -0.294 e. The van der Waals surface area contributed by atoms with Crippen LogP contribution in [0.3, 0.4) is 0 Å².